The zero-order chi connectivity index (χ0) is 13.5. The van der Waals surface area contributed by atoms with E-state index in [0.717, 1.165) is 6.42 Å². The summed E-state index contributed by atoms with van der Waals surface area (Å²) in [4.78, 5) is 0. The Morgan fingerprint density at radius 1 is 1.17 bits per heavy atom. The van der Waals surface area contributed by atoms with Crippen LogP contribution in [0.15, 0.2) is 37.0 Å². The third-order valence-electron chi connectivity index (χ3n) is 2.23. The topological polar surface area (TPSA) is 20.2 Å². The molecule has 1 nitrogen and oxygen atoms in total. The third-order valence-corrected chi connectivity index (χ3v) is 2.23. The van der Waals surface area contributed by atoms with Crippen molar-refractivity contribution >= 4 is 0 Å². The first-order valence-corrected chi connectivity index (χ1v) is 6.44. The van der Waals surface area contributed by atoms with Gasteiger partial charge in [-0.1, -0.05) is 68.9 Å². The van der Waals surface area contributed by atoms with Gasteiger partial charge in [-0.15, -0.1) is 0 Å². The normalized spacial score (nSPS) is 11.7. The molecule has 0 rings (SSSR count). The van der Waals surface area contributed by atoms with Crippen LogP contribution in [0.25, 0.3) is 0 Å². The van der Waals surface area contributed by atoms with Gasteiger partial charge < -0.3 is 5.11 Å². The van der Waals surface area contributed by atoms with Crippen LogP contribution in [0.1, 0.15) is 39.0 Å². The molecule has 0 aliphatic rings. The van der Waals surface area contributed by atoms with Crippen molar-refractivity contribution in [3.8, 4) is 23.7 Å². The fourth-order valence-corrected chi connectivity index (χ4v) is 1.21. The number of aliphatic hydroxyl groups is 1. The molecule has 0 heterocycles. The second-order valence-corrected chi connectivity index (χ2v) is 3.86. The van der Waals surface area contributed by atoms with Crippen molar-refractivity contribution < 1.29 is 5.11 Å². The zero-order valence-corrected chi connectivity index (χ0v) is 11.2. The molecule has 0 bridgehead atoms. The Morgan fingerprint density at radius 3 is 2.72 bits per heavy atom. The highest BCUT2D eigenvalue weighted by Gasteiger charge is 1.84. The second-order valence-electron chi connectivity index (χ2n) is 3.86. The molecule has 0 saturated carbocycles. The number of aliphatic hydroxyl groups excluding tert-OH is 1. The molecule has 18 heavy (non-hydrogen) atoms. The molecule has 0 aliphatic carbocycles. The van der Waals surface area contributed by atoms with Crippen LogP contribution in [0.5, 0.6) is 0 Å². The maximum Gasteiger partial charge on any atom is 0.134 e. The Hall–Kier alpha value is -1.70. The number of rotatable bonds is 7. The highest BCUT2D eigenvalue weighted by molar-refractivity contribution is 5.33. The Bertz CT molecular complexity index is 379. The van der Waals surface area contributed by atoms with Gasteiger partial charge in [0.25, 0.3) is 0 Å². The molecule has 96 valence electrons. The van der Waals surface area contributed by atoms with Gasteiger partial charge in [-0.05, 0) is 30.8 Å². The quantitative estimate of drug-likeness (QED) is 0.313. The standard InChI is InChI=1S/C17H22O/c1-3-5-6-7-8-9-10-11-12-13-14-15-16-17(18)4-2/h4,9-12,17-18H,2-3,5-8H2,1H3/b10-9+,12-11+/t17-/m0/s1. The van der Waals surface area contributed by atoms with Gasteiger partial charge >= 0.3 is 0 Å². The molecule has 0 amide bonds. The third kappa shape index (κ3) is 12.4. The van der Waals surface area contributed by atoms with Crippen LogP contribution in [0, 0.1) is 23.7 Å². The predicted octanol–water partition coefficient (Wildman–Crippen LogP) is 3.62. The van der Waals surface area contributed by atoms with Gasteiger partial charge in [0.1, 0.15) is 6.10 Å². The van der Waals surface area contributed by atoms with E-state index >= 15 is 0 Å². The van der Waals surface area contributed by atoms with E-state index in [-0.39, 0.29) is 0 Å². The molecule has 0 spiro atoms. The molecular formula is C17H22O. The van der Waals surface area contributed by atoms with Crippen LogP contribution in [0.3, 0.4) is 0 Å². The monoisotopic (exact) mass is 242 g/mol. The maximum atomic E-state index is 9.03. The van der Waals surface area contributed by atoms with Crippen molar-refractivity contribution in [2.45, 2.75) is 45.1 Å². The van der Waals surface area contributed by atoms with E-state index in [1.807, 2.05) is 12.2 Å². The Labute approximate surface area is 111 Å². The fraction of sp³-hybridized carbons (Fsp3) is 0.412. The molecule has 0 unspecified atom stereocenters. The first-order valence-electron chi connectivity index (χ1n) is 6.44. The van der Waals surface area contributed by atoms with Crippen LogP contribution in [0.4, 0.5) is 0 Å². The molecule has 1 N–H and O–H groups in total. The first kappa shape index (κ1) is 16.3. The highest BCUT2D eigenvalue weighted by atomic mass is 16.3. The molecule has 0 saturated heterocycles. The van der Waals surface area contributed by atoms with E-state index in [9.17, 15) is 0 Å². The van der Waals surface area contributed by atoms with Gasteiger partial charge in [-0.2, -0.15) is 0 Å². The van der Waals surface area contributed by atoms with E-state index in [1.54, 1.807) is 6.08 Å². The molecule has 0 aromatic heterocycles. The smallest absolute Gasteiger partial charge is 0.134 e. The Kier molecular flexibility index (Phi) is 12.1. The maximum absolute atomic E-state index is 9.03. The molecular weight excluding hydrogens is 220 g/mol. The minimum absolute atomic E-state index is 0.786. The summed E-state index contributed by atoms with van der Waals surface area (Å²) in [6.45, 7) is 5.63. The lowest BCUT2D eigenvalue weighted by Gasteiger charge is -1.92. The van der Waals surface area contributed by atoms with Crippen LogP contribution in [-0.2, 0) is 0 Å². The summed E-state index contributed by atoms with van der Waals surface area (Å²) in [5.74, 6) is 10.5. The van der Waals surface area contributed by atoms with Crippen molar-refractivity contribution in [3.63, 3.8) is 0 Å². The molecule has 0 aromatic rings. The summed E-state index contributed by atoms with van der Waals surface area (Å²) < 4.78 is 0. The lowest BCUT2D eigenvalue weighted by Crippen LogP contribution is -1.94. The molecule has 0 aromatic carbocycles. The Balaban J connectivity index is 3.69. The molecule has 1 atom stereocenters. The van der Waals surface area contributed by atoms with Gasteiger partial charge in [0.15, 0.2) is 0 Å². The van der Waals surface area contributed by atoms with Gasteiger partial charge in [0.05, 0.1) is 0 Å². The van der Waals surface area contributed by atoms with Crippen molar-refractivity contribution in [1.82, 2.24) is 0 Å². The van der Waals surface area contributed by atoms with E-state index < -0.39 is 6.10 Å². The number of hydrogen-bond donors (Lipinski definition) is 1. The summed E-state index contributed by atoms with van der Waals surface area (Å²) >= 11 is 0. The van der Waals surface area contributed by atoms with Crippen LogP contribution >= 0.6 is 0 Å². The Morgan fingerprint density at radius 2 is 2.00 bits per heavy atom. The van der Waals surface area contributed by atoms with Crippen LogP contribution in [-0.4, -0.2) is 11.2 Å². The first-order chi connectivity index (χ1) is 8.81. The van der Waals surface area contributed by atoms with Crippen molar-refractivity contribution in [2.75, 3.05) is 0 Å². The van der Waals surface area contributed by atoms with E-state index in [0.29, 0.717) is 0 Å². The second kappa shape index (κ2) is 13.4. The van der Waals surface area contributed by atoms with Crippen LogP contribution < -0.4 is 0 Å². The van der Waals surface area contributed by atoms with Gasteiger partial charge in [0, 0.05) is 0 Å². The molecule has 0 radical (unpaired) electrons. The summed E-state index contributed by atoms with van der Waals surface area (Å²) in [7, 11) is 0. The van der Waals surface area contributed by atoms with Crippen LogP contribution in [0.2, 0.25) is 0 Å². The average Bonchev–Trinajstić information content (AvgIpc) is 2.39. The average molecular weight is 242 g/mol. The zero-order valence-electron chi connectivity index (χ0n) is 11.2. The summed E-state index contributed by atoms with van der Waals surface area (Å²) in [5.41, 5.74) is 0. The van der Waals surface area contributed by atoms with Gasteiger partial charge in [0.2, 0.25) is 0 Å². The summed E-state index contributed by atoms with van der Waals surface area (Å²) in [6, 6.07) is 0. The fourth-order valence-electron chi connectivity index (χ4n) is 1.21. The predicted molar refractivity (Wildman–Crippen MR) is 78.8 cm³/mol. The van der Waals surface area contributed by atoms with E-state index in [4.69, 9.17) is 5.11 Å². The lowest BCUT2D eigenvalue weighted by molar-refractivity contribution is 0.281. The van der Waals surface area contributed by atoms with E-state index in [2.05, 4.69) is 43.3 Å². The minimum Gasteiger partial charge on any atom is -0.377 e. The summed E-state index contributed by atoms with van der Waals surface area (Å²) in [6.07, 6.45) is 14.7. The highest BCUT2D eigenvalue weighted by Crippen LogP contribution is 2.02. The van der Waals surface area contributed by atoms with Crippen molar-refractivity contribution in [2.24, 2.45) is 0 Å². The number of unbranched alkanes of at least 4 members (excludes halogenated alkanes) is 4. The number of hydrogen-bond acceptors (Lipinski definition) is 1. The molecule has 0 fully saturated rings. The molecule has 1 heteroatoms. The lowest BCUT2D eigenvalue weighted by atomic mass is 10.1. The SMILES string of the molecule is C=C[C@H](O)C#CC#C/C=C/C=C/CCCCCC. The van der Waals surface area contributed by atoms with Crippen molar-refractivity contribution in [1.29, 1.82) is 0 Å². The minimum atomic E-state index is -0.786. The molecule has 0 aliphatic heterocycles. The van der Waals surface area contributed by atoms with E-state index in [1.165, 1.54) is 31.8 Å². The van der Waals surface area contributed by atoms with Gasteiger partial charge in [-0.25, -0.2) is 0 Å². The largest absolute Gasteiger partial charge is 0.377 e. The number of allylic oxidation sites excluding steroid dienone is 4. The van der Waals surface area contributed by atoms with Crippen molar-refractivity contribution in [3.05, 3.63) is 37.0 Å². The summed E-state index contributed by atoms with van der Waals surface area (Å²) in [5, 5.41) is 9.03. The van der Waals surface area contributed by atoms with Gasteiger partial charge in [-0.3, -0.25) is 0 Å².